The Hall–Kier alpha value is -1.78. The van der Waals surface area contributed by atoms with Crippen molar-refractivity contribution in [2.24, 2.45) is 0 Å². The molecule has 1 amide bonds. The fourth-order valence-corrected chi connectivity index (χ4v) is 2.00. The number of rotatable bonds is 2. The average Bonchev–Trinajstić information content (AvgIpc) is 2.33. The monoisotopic (exact) mass is 298 g/mol. The number of nitrogen functional groups attached to an aromatic ring is 1. The smallest absolute Gasteiger partial charge is 0.259 e. The first kappa shape index (κ1) is 13.6. The van der Waals surface area contributed by atoms with Crippen molar-refractivity contribution in [3.8, 4) is 0 Å². The molecule has 3 N–H and O–H groups in total. The third kappa shape index (κ3) is 2.97. The Kier molecular flexibility index (Phi) is 3.93. The molecule has 0 atom stereocenters. The Morgan fingerprint density at radius 3 is 2.63 bits per heavy atom. The summed E-state index contributed by atoms with van der Waals surface area (Å²) in [6.07, 6.45) is 0. The van der Waals surface area contributed by atoms with Gasteiger partial charge in [0.15, 0.2) is 0 Å². The van der Waals surface area contributed by atoms with Gasteiger partial charge in [-0.15, -0.1) is 0 Å². The van der Waals surface area contributed by atoms with Crippen molar-refractivity contribution in [3.63, 3.8) is 0 Å². The highest BCUT2D eigenvalue weighted by molar-refractivity contribution is 6.35. The molecular formula is C13H9Cl2FN2O. The number of benzene rings is 2. The molecule has 2 rings (SSSR count). The molecule has 0 heterocycles. The first-order chi connectivity index (χ1) is 8.99. The number of carbonyl (C=O) groups excluding carboxylic acids is 1. The molecule has 2 aromatic rings. The van der Waals surface area contributed by atoms with Crippen LogP contribution in [0, 0.1) is 5.82 Å². The normalized spacial score (nSPS) is 10.3. The van der Waals surface area contributed by atoms with Crippen molar-refractivity contribution < 1.29 is 9.18 Å². The average molecular weight is 299 g/mol. The second-order valence-corrected chi connectivity index (χ2v) is 4.63. The third-order valence-corrected chi connectivity index (χ3v) is 3.00. The van der Waals surface area contributed by atoms with Crippen molar-refractivity contribution in [1.82, 2.24) is 0 Å². The van der Waals surface area contributed by atoms with Crippen LogP contribution in [0.3, 0.4) is 0 Å². The minimum Gasteiger partial charge on any atom is -0.398 e. The van der Waals surface area contributed by atoms with Crippen LogP contribution in [0.25, 0.3) is 0 Å². The van der Waals surface area contributed by atoms with E-state index in [2.05, 4.69) is 5.32 Å². The highest BCUT2D eigenvalue weighted by Crippen LogP contribution is 2.25. The lowest BCUT2D eigenvalue weighted by molar-refractivity contribution is 0.102. The summed E-state index contributed by atoms with van der Waals surface area (Å²) in [5.41, 5.74) is 5.96. The molecule has 19 heavy (non-hydrogen) atoms. The van der Waals surface area contributed by atoms with E-state index in [0.717, 1.165) is 6.07 Å². The summed E-state index contributed by atoms with van der Waals surface area (Å²) in [5.74, 6) is -1.19. The zero-order chi connectivity index (χ0) is 14.0. The van der Waals surface area contributed by atoms with Crippen LogP contribution in [0.2, 0.25) is 10.0 Å². The molecule has 0 radical (unpaired) electrons. The second kappa shape index (κ2) is 5.47. The van der Waals surface area contributed by atoms with E-state index in [4.69, 9.17) is 28.9 Å². The van der Waals surface area contributed by atoms with Crippen molar-refractivity contribution in [2.75, 3.05) is 11.1 Å². The molecule has 0 aliphatic rings. The molecule has 98 valence electrons. The van der Waals surface area contributed by atoms with E-state index in [9.17, 15) is 9.18 Å². The van der Waals surface area contributed by atoms with Gasteiger partial charge in [0.25, 0.3) is 5.91 Å². The molecule has 0 saturated heterocycles. The van der Waals surface area contributed by atoms with Gasteiger partial charge in [0.1, 0.15) is 5.82 Å². The van der Waals surface area contributed by atoms with Crippen LogP contribution >= 0.6 is 23.2 Å². The van der Waals surface area contributed by atoms with E-state index < -0.39 is 11.7 Å². The minimum atomic E-state index is -0.594. The Bertz CT molecular complexity index is 626. The third-order valence-electron chi connectivity index (χ3n) is 2.45. The molecule has 0 aliphatic carbocycles. The predicted molar refractivity (Wildman–Crippen MR) is 75.2 cm³/mol. The van der Waals surface area contributed by atoms with E-state index in [-0.39, 0.29) is 22.0 Å². The maximum absolute atomic E-state index is 13.5. The lowest BCUT2D eigenvalue weighted by Crippen LogP contribution is -2.15. The topological polar surface area (TPSA) is 55.1 Å². The summed E-state index contributed by atoms with van der Waals surface area (Å²) in [6.45, 7) is 0. The zero-order valence-corrected chi connectivity index (χ0v) is 11.1. The molecule has 6 heteroatoms. The summed E-state index contributed by atoms with van der Waals surface area (Å²) >= 11 is 11.6. The lowest BCUT2D eigenvalue weighted by Gasteiger charge is -2.10. The molecule has 0 saturated carbocycles. The van der Waals surface area contributed by atoms with E-state index >= 15 is 0 Å². The van der Waals surface area contributed by atoms with Gasteiger partial charge in [0, 0.05) is 10.7 Å². The molecule has 0 unspecified atom stereocenters. The fourth-order valence-electron chi connectivity index (χ4n) is 1.56. The standard InChI is InChI=1S/C13H9Cl2FN2O/c14-7-4-5-9(16)11(6-7)18-13(19)12-8(15)2-1-3-10(12)17/h1-6H,17H2,(H,18,19). The quantitative estimate of drug-likeness (QED) is 0.824. The molecular weight excluding hydrogens is 290 g/mol. The van der Waals surface area contributed by atoms with Gasteiger partial charge >= 0.3 is 0 Å². The van der Waals surface area contributed by atoms with Crippen LogP contribution in [0.4, 0.5) is 15.8 Å². The van der Waals surface area contributed by atoms with E-state index in [1.807, 2.05) is 0 Å². The predicted octanol–water partition coefficient (Wildman–Crippen LogP) is 3.97. The SMILES string of the molecule is Nc1cccc(Cl)c1C(=O)Nc1cc(Cl)ccc1F. The number of hydrogen-bond donors (Lipinski definition) is 2. The van der Waals surface area contributed by atoms with Crippen LogP contribution in [0.15, 0.2) is 36.4 Å². The van der Waals surface area contributed by atoms with E-state index in [1.54, 1.807) is 6.07 Å². The summed E-state index contributed by atoms with van der Waals surface area (Å²) in [4.78, 5) is 12.0. The van der Waals surface area contributed by atoms with Gasteiger partial charge in [0.05, 0.1) is 16.3 Å². The number of carbonyl (C=O) groups is 1. The maximum atomic E-state index is 13.5. The largest absolute Gasteiger partial charge is 0.398 e. The van der Waals surface area contributed by atoms with Crippen LogP contribution in [0.1, 0.15) is 10.4 Å². The van der Waals surface area contributed by atoms with Gasteiger partial charge in [-0.3, -0.25) is 4.79 Å². The Morgan fingerprint density at radius 1 is 1.21 bits per heavy atom. The number of nitrogens with one attached hydrogen (secondary N) is 1. The number of anilines is 2. The summed E-state index contributed by atoms with van der Waals surface area (Å²) in [7, 11) is 0. The number of nitrogens with two attached hydrogens (primary N) is 1. The van der Waals surface area contributed by atoms with Gasteiger partial charge in [-0.05, 0) is 30.3 Å². The zero-order valence-electron chi connectivity index (χ0n) is 9.58. The van der Waals surface area contributed by atoms with Crippen LogP contribution in [0.5, 0.6) is 0 Å². The molecule has 0 fully saturated rings. The Morgan fingerprint density at radius 2 is 1.95 bits per heavy atom. The number of amides is 1. The maximum Gasteiger partial charge on any atom is 0.259 e. The second-order valence-electron chi connectivity index (χ2n) is 3.78. The Labute approximate surface area is 119 Å². The van der Waals surface area contributed by atoms with Crippen molar-refractivity contribution in [3.05, 3.63) is 57.8 Å². The van der Waals surface area contributed by atoms with E-state index in [1.165, 1.54) is 24.3 Å². The van der Waals surface area contributed by atoms with Crippen LogP contribution in [-0.4, -0.2) is 5.91 Å². The molecule has 3 nitrogen and oxygen atoms in total. The first-order valence-electron chi connectivity index (χ1n) is 5.29. The van der Waals surface area contributed by atoms with Gasteiger partial charge in [-0.1, -0.05) is 29.3 Å². The number of halogens is 3. The molecule has 0 bridgehead atoms. The highest BCUT2D eigenvalue weighted by atomic mass is 35.5. The van der Waals surface area contributed by atoms with Crippen molar-refractivity contribution in [2.45, 2.75) is 0 Å². The van der Waals surface area contributed by atoms with Crippen molar-refractivity contribution >= 4 is 40.5 Å². The van der Waals surface area contributed by atoms with Gasteiger partial charge in [0.2, 0.25) is 0 Å². The van der Waals surface area contributed by atoms with Crippen molar-refractivity contribution in [1.29, 1.82) is 0 Å². The summed E-state index contributed by atoms with van der Waals surface area (Å²) < 4.78 is 13.5. The van der Waals surface area contributed by atoms with Crippen LogP contribution < -0.4 is 11.1 Å². The van der Waals surface area contributed by atoms with Crippen LogP contribution in [-0.2, 0) is 0 Å². The lowest BCUT2D eigenvalue weighted by atomic mass is 10.1. The molecule has 0 aromatic heterocycles. The first-order valence-corrected chi connectivity index (χ1v) is 6.05. The summed E-state index contributed by atoms with van der Waals surface area (Å²) in [6, 6.07) is 8.54. The summed E-state index contributed by atoms with van der Waals surface area (Å²) in [5, 5.41) is 2.89. The Balaban J connectivity index is 2.34. The molecule has 0 aliphatic heterocycles. The minimum absolute atomic E-state index is 0.0307. The van der Waals surface area contributed by atoms with Gasteiger partial charge in [-0.2, -0.15) is 0 Å². The van der Waals surface area contributed by atoms with Gasteiger partial charge < -0.3 is 11.1 Å². The molecule has 2 aromatic carbocycles. The highest BCUT2D eigenvalue weighted by Gasteiger charge is 2.15. The fraction of sp³-hybridized carbons (Fsp3) is 0. The number of hydrogen-bond acceptors (Lipinski definition) is 2. The molecule has 0 spiro atoms. The van der Waals surface area contributed by atoms with Gasteiger partial charge in [-0.25, -0.2) is 4.39 Å². The van der Waals surface area contributed by atoms with E-state index in [0.29, 0.717) is 5.02 Å².